The van der Waals surface area contributed by atoms with Crippen LogP contribution in [0.4, 0.5) is 0 Å². The molecule has 2 aromatic rings. The minimum atomic E-state index is -0.601. The molecule has 1 heterocycles. The summed E-state index contributed by atoms with van der Waals surface area (Å²) < 4.78 is 7.24. The third-order valence-electron chi connectivity index (χ3n) is 3.65. The number of carbonyl (C=O) groups is 1. The monoisotopic (exact) mass is 288 g/mol. The Morgan fingerprint density at radius 2 is 2.10 bits per heavy atom. The van der Waals surface area contributed by atoms with Gasteiger partial charge in [-0.25, -0.2) is 0 Å². The van der Waals surface area contributed by atoms with E-state index >= 15 is 0 Å². The van der Waals surface area contributed by atoms with Gasteiger partial charge in [0.25, 0.3) is 0 Å². The largest absolute Gasteiger partial charge is 0.465 e. The molecule has 2 N–H and O–H groups in total. The summed E-state index contributed by atoms with van der Waals surface area (Å²) in [6, 6.07) is 7.66. The van der Waals surface area contributed by atoms with Crippen molar-refractivity contribution < 1.29 is 9.53 Å². The Morgan fingerprint density at radius 3 is 2.81 bits per heavy atom. The molecule has 0 spiro atoms. The topological polar surface area (TPSA) is 57.2 Å². The summed E-state index contributed by atoms with van der Waals surface area (Å²) in [4.78, 5) is 11.7. The zero-order chi connectivity index (χ0) is 15.2. The summed E-state index contributed by atoms with van der Waals surface area (Å²) in [5.74, 6) is -0.331. The summed E-state index contributed by atoms with van der Waals surface area (Å²) in [6.45, 7) is 5.33. The predicted molar refractivity (Wildman–Crippen MR) is 85.2 cm³/mol. The number of unbranched alkanes of at least 4 members (excludes halogenated alkanes) is 1. The molecule has 0 saturated carbocycles. The highest BCUT2D eigenvalue weighted by atomic mass is 16.5. The second kappa shape index (κ2) is 7.27. The zero-order valence-corrected chi connectivity index (χ0v) is 12.8. The highest BCUT2D eigenvalue weighted by molar-refractivity contribution is 5.85. The molecule has 0 saturated heterocycles. The molecule has 1 aromatic heterocycles. The molecule has 1 aromatic carbocycles. The van der Waals surface area contributed by atoms with Gasteiger partial charge in [-0.15, -0.1) is 0 Å². The number of rotatable bonds is 7. The number of esters is 1. The Morgan fingerprint density at radius 1 is 1.33 bits per heavy atom. The molecule has 0 amide bonds. The maximum Gasteiger partial charge on any atom is 0.323 e. The summed E-state index contributed by atoms with van der Waals surface area (Å²) >= 11 is 0. The standard InChI is InChI=1S/C17H24N2O2/c1-3-5-10-19-12-13(11-15(18)17(20)21-4-2)14-8-6-7-9-16(14)19/h6-9,12,15H,3-5,10-11,18H2,1-2H3. The molecular weight excluding hydrogens is 264 g/mol. The fourth-order valence-electron chi connectivity index (χ4n) is 2.57. The van der Waals surface area contributed by atoms with E-state index in [4.69, 9.17) is 10.5 Å². The molecule has 1 unspecified atom stereocenters. The molecule has 0 bridgehead atoms. The van der Waals surface area contributed by atoms with Gasteiger partial charge >= 0.3 is 5.97 Å². The fourth-order valence-corrected chi connectivity index (χ4v) is 2.57. The zero-order valence-electron chi connectivity index (χ0n) is 12.8. The Bertz CT molecular complexity index is 604. The SMILES string of the molecule is CCCCn1cc(CC(N)C(=O)OCC)c2ccccc21. The van der Waals surface area contributed by atoms with Gasteiger partial charge in [-0.2, -0.15) is 0 Å². The number of carbonyl (C=O) groups excluding carboxylic acids is 1. The van der Waals surface area contributed by atoms with Crippen molar-refractivity contribution in [2.75, 3.05) is 6.61 Å². The van der Waals surface area contributed by atoms with Crippen molar-refractivity contribution in [1.82, 2.24) is 4.57 Å². The van der Waals surface area contributed by atoms with Gasteiger partial charge in [-0.1, -0.05) is 31.5 Å². The number of fused-ring (bicyclic) bond motifs is 1. The third-order valence-corrected chi connectivity index (χ3v) is 3.65. The van der Waals surface area contributed by atoms with Crippen LogP contribution < -0.4 is 5.73 Å². The van der Waals surface area contributed by atoms with E-state index in [0.29, 0.717) is 13.0 Å². The Hall–Kier alpha value is -1.81. The molecule has 114 valence electrons. The number of hydrogen-bond acceptors (Lipinski definition) is 3. The van der Waals surface area contributed by atoms with Gasteiger partial charge < -0.3 is 15.0 Å². The lowest BCUT2D eigenvalue weighted by Gasteiger charge is -2.09. The fraction of sp³-hybridized carbons (Fsp3) is 0.471. The molecule has 0 aliphatic carbocycles. The van der Waals surface area contributed by atoms with Gasteiger partial charge in [0.2, 0.25) is 0 Å². The lowest BCUT2D eigenvalue weighted by Crippen LogP contribution is -2.34. The Labute approximate surface area is 125 Å². The number of aryl methyl sites for hydroxylation is 1. The first-order valence-corrected chi connectivity index (χ1v) is 7.66. The normalized spacial score (nSPS) is 12.5. The van der Waals surface area contributed by atoms with Gasteiger partial charge in [0.1, 0.15) is 6.04 Å². The lowest BCUT2D eigenvalue weighted by molar-refractivity contribution is -0.144. The number of nitrogens with zero attached hydrogens (tertiary/aromatic N) is 1. The minimum Gasteiger partial charge on any atom is -0.465 e. The first-order chi connectivity index (χ1) is 10.2. The molecule has 4 nitrogen and oxygen atoms in total. The number of hydrogen-bond donors (Lipinski definition) is 1. The first kappa shape index (κ1) is 15.6. The maximum absolute atomic E-state index is 11.7. The van der Waals surface area contributed by atoms with E-state index in [1.54, 1.807) is 6.92 Å². The maximum atomic E-state index is 11.7. The van der Waals surface area contributed by atoms with Crippen molar-refractivity contribution in [1.29, 1.82) is 0 Å². The highest BCUT2D eigenvalue weighted by Gasteiger charge is 2.18. The highest BCUT2D eigenvalue weighted by Crippen LogP contribution is 2.23. The smallest absolute Gasteiger partial charge is 0.323 e. The molecule has 0 aliphatic rings. The van der Waals surface area contributed by atoms with Gasteiger partial charge in [-0.3, -0.25) is 4.79 Å². The number of aromatic nitrogens is 1. The van der Waals surface area contributed by atoms with Crippen LogP contribution in [0.5, 0.6) is 0 Å². The van der Waals surface area contributed by atoms with E-state index in [1.165, 1.54) is 10.9 Å². The number of para-hydroxylation sites is 1. The van der Waals surface area contributed by atoms with E-state index in [2.05, 4.69) is 29.8 Å². The number of nitrogens with two attached hydrogens (primary N) is 1. The van der Waals surface area contributed by atoms with Crippen LogP contribution in [-0.4, -0.2) is 23.2 Å². The third kappa shape index (κ3) is 3.64. The average Bonchev–Trinajstić information content (AvgIpc) is 2.83. The van der Waals surface area contributed by atoms with E-state index in [-0.39, 0.29) is 5.97 Å². The van der Waals surface area contributed by atoms with Crippen LogP contribution in [0, 0.1) is 0 Å². The van der Waals surface area contributed by atoms with Crippen molar-refractivity contribution in [3.05, 3.63) is 36.0 Å². The Kier molecular flexibility index (Phi) is 5.39. The lowest BCUT2D eigenvalue weighted by atomic mass is 10.1. The van der Waals surface area contributed by atoms with Crippen molar-refractivity contribution in [3.63, 3.8) is 0 Å². The van der Waals surface area contributed by atoms with Gasteiger partial charge in [0, 0.05) is 30.1 Å². The average molecular weight is 288 g/mol. The number of benzene rings is 1. The van der Waals surface area contributed by atoms with Crippen LogP contribution in [0.15, 0.2) is 30.5 Å². The Balaban J connectivity index is 2.25. The van der Waals surface area contributed by atoms with E-state index in [9.17, 15) is 4.79 Å². The van der Waals surface area contributed by atoms with E-state index < -0.39 is 6.04 Å². The van der Waals surface area contributed by atoms with Crippen molar-refractivity contribution in [2.45, 2.75) is 45.7 Å². The van der Waals surface area contributed by atoms with Crippen LogP contribution >= 0.6 is 0 Å². The van der Waals surface area contributed by atoms with Crippen LogP contribution in [0.1, 0.15) is 32.3 Å². The summed E-state index contributed by atoms with van der Waals surface area (Å²) in [6.07, 6.45) is 4.93. The van der Waals surface area contributed by atoms with Gasteiger partial charge in [0.15, 0.2) is 0 Å². The second-order valence-electron chi connectivity index (χ2n) is 5.28. The molecular formula is C17H24N2O2. The quantitative estimate of drug-likeness (QED) is 0.797. The summed E-state index contributed by atoms with van der Waals surface area (Å²) in [5.41, 5.74) is 8.27. The van der Waals surface area contributed by atoms with Crippen LogP contribution in [0.2, 0.25) is 0 Å². The molecule has 4 heteroatoms. The van der Waals surface area contributed by atoms with Crippen molar-refractivity contribution in [3.8, 4) is 0 Å². The van der Waals surface area contributed by atoms with Crippen molar-refractivity contribution in [2.24, 2.45) is 5.73 Å². The van der Waals surface area contributed by atoms with Gasteiger partial charge in [0.05, 0.1) is 6.61 Å². The molecule has 0 radical (unpaired) electrons. The summed E-state index contributed by atoms with van der Waals surface area (Å²) in [7, 11) is 0. The predicted octanol–water partition coefficient (Wildman–Crippen LogP) is 2.87. The molecule has 0 aliphatic heterocycles. The molecule has 2 rings (SSSR count). The second-order valence-corrected chi connectivity index (χ2v) is 5.28. The molecule has 1 atom stereocenters. The molecule has 0 fully saturated rings. The van der Waals surface area contributed by atoms with Crippen LogP contribution in [-0.2, 0) is 22.5 Å². The minimum absolute atomic E-state index is 0.331. The summed E-state index contributed by atoms with van der Waals surface area (Å²) in [5, 5.41) is 1.17. The van der Waals surface area contributed by atoms with E-state index in [1.807, 2.05) is 12.1 Å². The van der Waals surface area contributed by atoms with Crippen molar-refractivity contribution >= 4 is 16.9 Å². The van der Waals surface area contributed by atoms with Crippen LogP contribution in [0.25, 0.3) is 10.9 Å². The molecule has 21 heavy (non-hydrogen) atoms. The van der Waals surface area contributed by atoms with Crippen LogP contribution in [0.3, 0.4) is 0 Å². The number of ether oxygens (including phenoxy) is 1. The van der Waals surface area contributed by atoms with Gasteiger partial charge in [-0.05, 0) is 25.0 Å². The van der Waals surface area contributed by atoms with E-state index in [0.717, 1.165) is 24.9 Å². The first-order valence-electron chi connectivity index (χ1n) is 7.66.